The Kier molecular flexibility index (Phi) is 3.65. The maximum absolute atomic E-state index is 9.29. The van der Waals surface area contributed by atoms with E-state index in [1.54, 1.807) is 0 Å². The van der Waals surface area contributed by atoms with Crippen LogP contribution in [0.1, 0.15) is 32.6 Å². The fourth-order valence-electron chi connectivity index (χ4n) is 2.64. The molecule has 2 rings (SSSR count). The highest BCUT2D eigenvalue weighted by molar-refractivity contribution is 4.89. The molecule has 88 valence electrons. The monoisotopic (exact) mass is 213 g/mol. The third-order valence-electron chi connectivity index (χ3n) is 4.06. The average Bonchev–Trinajstić information content (AvgIpc) is 2.69. The summed E-state index contributed by atoms with van der Waals surface area (Å²) >= 11 is 0. The summed E-state index contributed by atoms with van der Waals surface area (Å²) in [5.74, 6) is 0.849. The van der Waals surface area contributed by atoms with E-state index in [-0.39, 0.29) is 12.0 Å². The van der Waals surface area contributed by atoms with E-state index in [9.17, 15) is 5.11 Å². The standard InChI is InChI=1S/C12H23NO2/c1-10(11-4-2-3-5-11)13-6-12(7-14)8-15-9-12/h10-11,13-14H,2-9H2,1H3. The molecule has 1 aliphatic carbocycles. The molecule has 3 heteroatoms. The van der Waals surface area contributed by atoms with Gasteiger partial charge in [-0.05, 0) is 25.7 Å². The summed E-state index contributed by atoms with van der Waals surface area (Å²) in [4.78, 5) is 0. The summed E-state index contributed by atoms with van der Waals surface area (Å²) in [7, 11) is 0. The normalized spacial score (nSPS) is 27.6. The van der Waals surface area contributed by atoms with E-state index in [2.05, 4.69) is 12.2 Å². The summed E-state index contributed by atoms with van der Waals surface area (Å²) in [6.07, 6.45) is 5.53. The second kappa shape index (κ2) is 4.81. The van der Waals surface area contributed by atoms with Crippen molar-refractivity contribution in [3.63, 3.8) is 0 Å². The highest BCUT2D eigenvalue weighted by Crippen LogP contribution is 2.29. The molecular formula is C12H23NO2. The lowest BCUT2D eigenvalue weighted by Crippen LogP contribution is -2.54. The molecule has 1 saturated carbocycles. The van der Waals surface area contributed by atoms with Gasteiger partial charge in [0, 0.05) is 12.6 Å². The van der Waals surface area contributed by atoms with Crippen molar-refractivity contribution >= 4 is 0 Å². The molecule has 2 fully saturated rings. The van der Waals surface area contributed by atoms with Crippen molar-refractivity contribution in [3.05, 3.63) is 0 Å². The van der Waals surface area contributed by atoms with Gasteiger partial charge in [0.2, 0.25) is 0 Å². The first-order valence-electron chi connectivity index (χ1n) is 6.18. The Balaban J connectivity index is 1.72. The van der Waals surface area contributed by atoms with Gasteiger partial charge >= 0.3 is 0 Å². The minimum atomic E-state index is 0.0207. The maximum atomic E-state index is 9.29. The van der Waals surface area contributed by atoms with Gasteiger partial charge in [0.05, 0.1) is 25.2 Å². The summed E-state index contributed by atoms with van der Waals surface area (Å²) in [5.41, 5.74) is 0.0207. The molecule has 0 radical (unpaired) electrons. The Morgan fingerprint density at radius 2 is 2.07 bits per heavy atom. The van der Waals surface area contributed by atoms with E-state index >= 15 is 0 Å². The van der Waals surface area contributed by atoms with Gasteiger partial charge < -0.3 is 15.2 Å². The van der Waals surface area contributed by atoms with E-state index in [1.165, 1.54) is 25.7 Å². The van der Waals surface area contributed by atoms with Gasteiger partial charge in [-0.3, -0.25) is 0 Å². The van der Waals surface area contributed by atoms with Crippen molar-refractivity contribution < 1.29 is 9.84 Å². The minimum Gasteiger partial charge on any atom is -0.396 e. The van der Waals surface area contributed by atoms with Crippen molar-refractivity contribution in [1.29, 1.82) is 0 Å². The van der Waals surface area contributed by atoms with Crippen LogP contribution < -0.4 is 5.32 Å². The lowest BCUT2D eigenvalue weighted by atomic mass is 9.86. The zero-order chi connectivity index (χ0) is 10.7. The van der Waals surface area contributed by atoms with Crippen molar-refractivity contribution in [3.8, 4) is 0 Å². The Bertz CT molecular complexity index is 192. The van der Waals surface area contributed by atoms with Gasteiger partial charge in [-0.1, -0.05) is 12.8 Å². The number of rotatable bonds is 5. The molecule has 1 atom stereocenters. The second-order valence-corrected chi connectivity index (χ2v) is 5.37. The number of ether oxygens (including phenoxy) is 1. The number of nitrogens with one attached hydrogen (secondary N) is 1. The quantitative estimate of drug-likeness (QED) is 0.720. The molecule has 0 aromatic heterocycles. The zero-order valence-corrected chi connectivity index (χ0v) is 9.67. The fourth-order valence-corrected chi connectivity index (χ4v) is 2.64. The molecule has 1 unspecified atom stereocenters. The lowest BCUT2D eigenvalue weighted by Gasteiger charge is -2.41. The minimum absolute atomic E-state index is 0.0207. The molecule has 2 aliphatic rings. The van der Waals surface area contributed by atoms with Crippen molar-refractivity contribution in [2.45, 2.75) is 38.6 Å². The van der Waals surface area contributed by atoms with Gasteiger partial charge in [0.1, 0.15) is 0 Å². The molecule has 15 heavy (non-hydrogen) atoms. The molecule has 0 aromatic carbocycles. The molecule has 1 saturated heterocycles. The predicted octanol–water partition coefficient (Wildman–Crippen LogP) is 1.16. The van der Waals surface area contributed by atoms with Gasteiger partial charge in [0.25, 0.3) is 0 Å². The molecule has 2 N–H and O–H groups in total. The highest BCUT2D eigenvalue weighted by Gasteiger charge is 2.38. The summed E-state index contributed by atoms with van der Waals surface area (Å²) in [6, 6.07) is 0.594. The van der Waals surface area contributed by atoms with Gasteiger partial charge in [-0.2, -0.15) is 0 Å². The Morgan fingerprint density at radius 3 is 2.53 bits per heavy atom. The molecule has 0 bridgehead atoms. The first-order valence-corrected chi connectivity index (χ1v) is 6.18. The van der Waals surface area contributed by atoms with Gasteiger partial charge in [-0.25, -0.2) is 0 Å². The average molecular weight is 213 g/mol. The smallest absolute Gasteiger partial charge is 0.0579 e. The van der Waals surface area contributed by atoms with Gasteiger partial charge in [-0.15, -0.1) is 0 Å². The summed E-state index contributed by atoms with van der Waals surface area (Å²) in [6.45, 7) is 4.86. The topological polar surface area (TPSA) is 41.5 Å². The van der Waals surface area contributed by atoms with E-state index in [4.69, 9.17) is 4.74 Å². The fraction of sp³-hybridized carbons (Fsp3) is 1.00. The van der Waals surface area contributed by atoms with Crippen LogP contribution in [0.5, 0.6) is 0 Å². The molecular weight excluding hydrogens is 190 g/mol. The van der Waals surface area contributed by atoms with Crippen molar-refractivity contribution in [2.24, 2.45) is 11.3 Å². The SMILES string of the molecule is CC(NCC1(CO)COC1)C1CCCC1. The first-order chi connectivity index (χ1) is 7.26. The van der Waals surface area contributed by atoms with E-state index in [0.717, 1.165) is 12.5 Å². The number of aliphatic hydroxyl groups is 1. The molecule has 1 aliphatic heterocycles. The third-order valence-corrected chi connectivity index (χ3v) is 4.06. The van der Waals surface area contributed by atoms with Crippen LogP contribution in [0.2, 0.25) is 0 Å². The van der Waals surface area contributed by atoms with Crippen LogP contribution in [0.15, 0.2) is 0 Å². The van der Waals surface area contributed by atoms with Crippen molar-refractivity contribution in [1.82, 2.24) is 5.32 Å². The third kappa shape index (κ3) is 2.52. The number of hydrogen-bond donors (Lipinski definition) is 2. The number of aliphatic hydroxyl groups excluding tert-OH is 1. The predicted molar refractivity (Wildman–Crippen MR) is 59.8 cm³/mol. The van der Waals surface area contributed by atoms with Crippen LogP contribution in [0.4, 0.5) is 0 Å². The number of hydrogen-bond acceptors (Lipinski definition) is 3. The van der Waals surface area contributed by atoms with E-state index in [1.807, 2.05) is 0 Å². The molecule has 0 spiro atoms. The van der Waals surface area contributed by atoms with Crippen LogP contribution in [-0.4, -0.2) is 37.5 Å². The van der Waals surface area contributed by atoms with E-state index < -0.39 is 0 Å². The Hall–Kier alpha value is -0.120. The Morgan fingerprint density at radius 1 is 1.40 bits per heavy atom. The lowest BCUT2D eigenvalue weighted by molar-refractivity contribution is -0.135. The largest absolute Gasteiger partial charge is 0.396 e. The van der Waals surface area contributed by atoms with Crippen LogP contribution in [0, 0.1) is 11.3 Å². The second-order valence-electron chi connectivity index (χ2n) is 5.37. The highest BCUT2D eigenvalue weighted by atomic mass is 16.5. The van der Waals surface area contributed by atoms with E-state index in [0.29, 0.717) is 19.3 Å². The summed E-state index contributed by atoms with van der Waals surface area (Å²) < 4.78 is 5.19. The summed E-state index contributed by atoms with van der Waals surface area (Å²) in [5, 5.41) is 12.9. The molecule has 0 amide bonds. The van der Waals surface area contributed by atoms with Crippen molar-refractivity contribution in [2.75, 3.05) is 26.4 Å². The van der Waals surface area contributed by atoms with Crippen LogP contribution in [-0.2, 0) is 4.74 Å². The van der Waals surface area contributed by atoms with Gasteiger partial charge in [0.15, 0.2) is 0 Å². The first kappa shape index (κ1) is 11.4. The maximum Gasteiger partial charge on any atom is 0.0579 e. The van der Waals surface area contributed by atoms with Crippen LogP contribution in [0.3, 0.4) is 0 Å². The zero-order valence-electron chi connectivity index (χ0n) is 9.67. The Labute approximate surface area is 92.2 Å². The van der Waals surface area contributed by atoms with Crippen LogP contribution in [0.25, 0.3) is 0 Å². The molecule has 1 heterocycles. The molecule has 0 aromatic rings. The van der Waals surface area contributed by atoms with Crippen LogP contribution >= 0.6 is 0 Å². The molecule has 3 nitrogen and oxygen atoms in total.